The fourth-order valence-electron chi connectivity index (χ4n) is 4.03. The van der Waals surface area contributed by atoms with Crippen LogP contribution >= 0.6 is 15.9 Å². The summed E-state index contributed by atoms with van der Waals surface area (Å²) in [5.74, 6) is -2.55. The average Bonchev–Trinajstić information content (AvgIpc) is 2.96. The van der Waals surface area contributed by atoms with Crippen molar-refractivity contribution < 1.29 is 41.0 Å². The molecule has 0 aliphatic rings. The molecule has 15 heteroatoms. The molecule has 0 spiro atoms. The van der Waals surface area contributed by atoms with E-state index in [4.69, 9.17) is 0 Å². The summed E-state index contributed by atoms with van der Waals surface area (Å²) in [6.45, 7) is 0.243. The van der Waals surface area contributed by atoms with E-state index in [2.05, 4.69) is 36.3 Å². The molecule has 0 aliphatic heterocycles. The lowest BCUT2D eigenvalue weighted by atomic mass is 10.0. The van der Waals surface area contributed by atoms with Crippen LogP contribution in [0.1, 0.15) is 11.3 Å². The molecule has 0 aliphatic carbocycles. The molecular weight excluding hydrogens is 669 g/mol. The van der Waals surface area contributed by atoms with Crippen LogP contribution in [0.4, 0.5) is 23.7 Å². The van der Waals surface area contributed by atoms with Crippen molar-refractivity contribution in [3.05, 3.63) is 107 Å². The number of carboxylic acids is 1. The maximum absolute atomic E-state index is 12.9. The highest BCUT2D eigenvalue weighted by molar-refractivity contribution is 9.10. The van der Waals surface area contributed by atoms with Gasteiger partial charge in [0.2, 0.25) is 10.0 Å². The van der Waals surface area contributed by atoms with Crippen LogP contribution < -0.4 is 20.1 Å². The zero-order valence-corrected chi connectivity index (χ0v) is 24.9. The number of benzene rings is 3. The zero-order chi connectivity index (χ0) is 31.9. The van der Waals surface area contributed by atoms with E-state index in [1.54, 1.807) is 66.9 Å². The second kappa shape index (κ2) is 13.9. The number of nitrogens with zero attached hydrogens (tertiary/aromatic N) is 1. The molecule has 0 saturated heterocycles. The second-order valence-corrected chi connectivity index (χ2v) is 11.9. The van der Waals surface area contributed by atoms with Crippen LogP contribution in [0.2, 0.25) is 0 Å². The number of pyridine rings is 1. The first-order valence-electron chi connectivity index (χ1n) is 12.7. The topological polar surface area (TPSA) is 147 Å². The lowest BCUT2D eigenvalue weighted by Crippen LogP contribution is -2.42. The summed E-state index contributed by atoms with van der Waals surface area (Å²) in [5, 5.41) is 15.2. The highest BCUT2D eigenvalue weighted by atomic mass is 79.9. The van der Waals surface area contributed by atoms with Crippen molar-refractivity contribution in [1.82, 2.24) is 15.0 Å². The van der Waals surface area contributed by atoms with Gasteiger partial charge in [-0.1, -0.05) is 58.4 Å². The van der Waals surface area contributed by atoms with Crippen LogP contribution in [0.15, 0.2) is 100 Å². The first-order chi connectivity index (χ1) is 20.8. The summed E-state index contributed by atoms with van der Waals surface area (Å²) in [5.41, 5.74) is 3.12. The number of amides is 2. The zero-order valence-electron chi connectivity index (χ0n) is 22.5. The van der Waals surface area contributed by atoms with E-state index in [1.807, 2.05) is 10.8 Å². The quantitative estimate of drug-likeness (QED) is 0.158. The minimum Gasteiger partial charge on any atom is -0.480 e. The summed E-state index contributed by atoms with van der Waals surface area (Å²) in [6.07, 6.45) is -3.86. The van der Waals surface area contributed by atoms with Crippen molar-refractivity contribution in [3.8, 4) is 16.9 Å². The highest BCUT2D eigenvalue weighted by Gasteiger charge is 2.35. The first-order valence-corrected chi connectivity index (χ1v) is 15.0. The molecule has 230 valence electrons. The number of carbonyl (C=O) groups is 2. The highest BCUT2D eigenvalue weighted by Crippen LogP contribution is 2.32. The summed E-state index contributed by atoms with van der Waals surface area (Å²) in [4.78, 5) is 27.5. The molecule has 2 amide bonds. The third-order valence-corrected chi connectivity index (χ3v) is 8.02. The van der Waals surface area contributed by atoms with Crippen molar-refractivity contribution >= 4 is 43.6 Å². The number of rotatable bonds is 11. The van der Waals surface area contributed by atoms with Gasteiger partial charge >= 0.3 is 18.4 Å². The van der Waals surface area contributed by atoms with Crippen LogP contribution in [0.25, 0.3) is 11.1 Å². The monoisotopic (exact) mass is 692 g/mol. The number of halogens is 4. The number of anilines is 1. The number of urea groups is 1. The van der Waals surface area contributed by atoms with Crippen LogP contribution in [0.3, 0.4) is 0 Å². The minimum absolute atomic E-state index is 0.121. The Bertz CT molecular complexity index is 1740. The normalized spacial score (nSPS) is 12.3. The van der Waals surface area contributed by atoms with Gasteiger partial charge in [-0.05, 0) is 65.6 Å². The Balaban J connectivity index is 1.43. The van der Waals surface area contributed by atoms with Crippen LogP contribution in [-0.2, 0) is 27.8 Å². The van der Waals surface area contributed by atoms with Crippen molar-refractivity contribution in [2.24, 2.45) is 0 Å². The lowest BCUT2D eigenvalue weighted by Gasteiger charge is -2.18. The standard InChI is InChI=1S/C29H24BrF3N4O6S/c30-21-11-12-26(25(16-21)43-29(31,32)33)44(41,42)37-24(27(38)39)14-18-7-9-19(10-8-18)20-4-3-6-22(15-20)36-28(40)35-17-23-5-1-2-13-34-23/h1-13,15-16,24,37H,14,17H2,(H,38,39)(H2,35,36,40)/t24-/m0/s1. The molecule has 3 aromatic carbocycles. The Labute approximate surface area is 258 Å². The molecule has 0 fully saturated rings. The van der Waals surface area contributed by atoms with E-state index in [-0.39, 0.29) is 17.4 Å². The molecule has 10 nitrogen and oxygen atoms in total. The van der Waals surface area contributed by atoms with Gasteiger partial charge in [-0.25, -0.2) is 13.2 Å². The summed E-state index contributed by atoms with van der Waals surface area (Å²) in [7, 11) is -4.75. The predicted octanol–water partition coefficient (Wildman–Crippen LogP) is 5.71. The molecule has 0 unspecified atom stereocenters. The molecule has 0 radical (unpaired) electrons. The number of nitrogens with one attached hydrogen (secondary N) is 3. The van der Waals surface area contributed by atoms with E-state index in [0.29, 0.717) is 16.9 Å². The lowest BCUT2D eigenvalue weighted by molar-refractivity contribution is -0.275. The molecule has 4 aromatic rings. The third-order valence-electron chi connectivity index (χ3n) is 6.02. The van der Waals surface area contributed by atoms with Gasteiger partial charge in [0.15, 0.2) is 5.75 Å². The summed E-state index contributed by atoms with van der Waals surface area (Å²) < 4.78 is 70.4. The number of carbonyl (C=O) groups excluding carboxylic acids is 1. The molecule has 4 N–H and O–H groups in total. The van der Waals surface area contributed by atoms with E-state index < -0.39 is 45.1 Å². The molecule has 1 atom stereocenters. The SMILES string of the molecule is O=C(NCc1ccccn1)Nc1cccc(-c2ccc(C[C@H](NS(=O)(=O)c3ccc(Br)cc3OC(F)(F)F)C(=O)O)cc2)c1. The predicted molar refractivity (Wildman–Crippen MR) is 158 cm³/mol. The molecule has 1 aromatic heterocycles. The Kier molecular flexibility index (Phi) is 10.2. The first kappa shape index (κ1) is 32.4. The van der Waals surface area contributed by atoms with Gasteiger partial charge < -0.3 is 20.5 Å². The number of aliphatic carboxylic acids is 1. The van der Waals surface area contributed by atoms with Crippen molar-refractivity contribution in [3.63, 3.8) is 0 Å². The number of ether oxygens (including phenoxy) is 1. The maximum atomic E-state index is 12.9. The molecule has 0 saturated carbocycles. The van der Waals surface area contributed by atoms with E-state index >= 15 is 0 Å². The van der Waals surface area contributed by atoms with Crippen LogP contribution in [0, 0.1) is 0 Å². The van der Waals surface area contributed by atoms with Gasteiger partial charge in [0.25, 0.3) is 0 Å². The number of hydrogen-bond acceptors (Lipinski definition) is 6. The van der Waals surface area contributed by atoms with E-state index in [0.717, 1.165) is 23.3 Å². The smallest absolute Gasteiger partial charge is 0.480 e. The number of sulfonamides is 1. The van der Waals surface area contributed by atoms with E-state index in [9.17, 15) is 36.3 Å². The van der Waals surface area contributed by atoms with E-state index in [1.165, 1.54) is 6.07 Å². The number of hydrogen-bond donors (Lipinski definition) is 4. The van der Waals surface area contributed by atoms with Crippen molar-refractivity contribution in [2.75, 3.05) is 5.32 Å². The van der Waals surface area contributed by atoms with Gasteiger partial charge in [-0.15, -0.1) is 13.2 Å². The van der Waals surface area contributed by atoms with Crippen molar-refractivity contribution in [2.45, 2.75) is 30.3 Å². The Morgan fingerprint density at radius 3 is 2.36 bits per heavy atom. The number of alkyl halides is 3. The molecule has 4 rings (SSSR count). The second-order valence-electron chi connectivity index (χ2n) is 9.26. The van der Waals surface area contributed by atoms with Gasteiger partial charge in [-0.2, -0.15) is 4.72 Å². The summed E-state index contributed by atoms with van der Waals surface area (Å²) >= 11 is 2.96. The molecular formula is C29H24BrF3N4O6S. The summed E-state index contributed by atoms with van der Waals surface area (Å²) in [6, 6.07) is 19.7. The molecule has 44 heavy (non-hydrogen) atoms. The molecule has 1 heterocycles. The third kappa shape index (κ3) is 9.26. The Hall–Kier alpha value is -4.47. The molecule has 0 bridgehead atoms. The Morgan fingerprint density at radius 1 is 0.955 bits per heavy atom. The van der Waals surface area contributed by atoms with Gasteiger partial charge in [0, 0.05) is 16.4 Å². The number of carboxylic acid groups (broad SMARTS) is 1. The number of aromatic nitrogens is 1. The van der Waals surface area contributed by atoms with Crippen molar-refractivity contribution in [1.29, 1.82) is 0 Å². The van der Waals surface area contributed by atoms with Crippen LogP contribution in [0.5, 0.6) is 5.75 Å². The minimum atomic E-state index is -5.18. The largest absolute Gasteiger partial charge is 0.573 e. The van der Waals surface area contributed by atoms with Gasteiger partial charge in [0.1, 0.15) is 10.9 Å². The van der Waals surface area contributed by atoms with Gasteiger partial charge in [0.05, 0.1) is 12.2 Å². The Morgan fingerprint density at radius 2 is 1.70 bits per heavy atom. The fourth-order valence-corrected chi connectivity index (χ4v) is 5.67. The average molecular weight is 693 g/mol. The van der Waals surface area contributed by atoms with Crippen LogP contribution in [-0.4, -0.2) is 42.9 Å². The fraction of sp³-hybridized carbons (Fsp3) is 0.138. The van der Waals surface area contributed by atoms with Gasteiger partial charge in [-0.3, -0.25) is 9.78 Å². The maximum Gasteiger partial charge on any atom is 0.573 e.